The SMILES string of the molecule is CCCCN(CC)c1ncc(-c2c3cc(OC)c(OC)cc3cc3ccoc23)cn1. The topological polar surface area (TPSA) is 60.6 Å². The lowest BCUT2D eigenvalue weighted by Gasteiger charge is -2.20. The van der Waals surface area contributed by atoms with Crippen LogP contribution in [0.3, 0.4) is 0 Å². The van der Waals surface area contributed by atoms with Gasteiger partial charge in [-0.15, -0.1) is 0 Å². The molecule has 156 valence electrons. The summed E-state index contributed by atoms with van der Waals surface area (Å²) in [6.45, 7) is 6.16. The lowest BCUT2D eigenvalue weighted by Crippen LogP contribution is -2.25. The van der Waals surface area contributed by atoms with Crippen molar-refractivity contribution >= 4 is 27.7 Å². The van der Waals surface area contributed by atoms with Gasteiger partial charge in [-0.3, -0.25) is 0 Å². The summed E-state index contributed by atoms with van der Waals surface area (Å²) < 4.78 is 16.9. The smallest absolute Gasteiger partial charge is 0.225 e. The van der Waals surface area contributed by atoms with E-state index in [1.807, 2.05) is 30.6 Å². The summed E-state index contributed by atoms with van der Waals surface area (Å²) >= 11 is 0. The first-order valence-corrected chi connectivity index (χ1v) is 10.3. The first-order valence-electron chi connectivity index (χ1n) is 10.3. The zero-order valence-corrected chi connectivity index (χ0v) is 17.9. The molecule has 2 heterocycles. The Morgan fingerprint density at radius 3 is 2.37 bits per heavy atom. The van der Waals surface area contributed by atoms with Crippen molar-refractivity contribution in [3.05, 3.63) is 42.9 Å². The second kappa shape index (κ2) is 8.61. The van der Waals surface area contributed by atoms with E-state index >= 15 is 0 Å². The molecule has 0 aliphatic rings. The second-order valence-corrected chi connectivity index (χ2v) is 7.22. The molecule has 6 heteroatoms. The monoisotopic (exact) mass is 405 g/mol. The van der Waals surface area contributed by atoms with Gasteiger partial charge in [-0.25, -0.2) is 9.97 Å². The van der Waals surface area contributed by atoms with Gasteiger partial charge in [0.25, 0.3) is 0 Å². The van der Waals surface area contributed by atoms with Crippen molar-refractivity contribution in [2.75, 3.05) is 32.2 Å². The van der Waals surface area contributed by atoms with Gasteiger partial charge in [0, 0.05) is 42.0 Å². The van der Waals surface area contributed by atoms with Crippen LogP contribution in [0.1, 0.15) is 26.7 Å². The van der Waals surface area contributed by atoms with Gasteiger partial charge < -0.3 is 18.8 Å². The summed E-state index contributed by atoms with van der Waals surface area (Å²) in [5.74, 6) is 2.12. The van der Waals surface area contributed by atoms with Crippen molar-refractivity contribution in [3.63, 3.8) is 0 Å². The predicted octanol–water partition coefficient (Wildman–Crippen LogP) is 5.69. The standard InChI is InChI=1S/C24H27N3O3/c1-5-7-9-27(6-2)24-25-14-18(15-26-24)22-19-13-21(29-4)20(28-3)12-17(19)11-16-8-10-30-23(16)22/h8,10-15H,5-7,9H2,1-4H3. The fourth-order valence-electron chi connectivity index (χ4n) is 3.81. The maximum Gasteiger partial charge on any atom is 0.225 e. The summed E-state index contributed by atoms with van der Waals surface area (Å²) in [5, 5.41) is 3.07. The number of furan rings is 1. The van der Waals surface area contributed by atoms with E-state index in [1.165, 1.54) is 0 Å². The molecule has 0 saturated heterocycles. The van der Waals surface area contributed by atoms with Crippen LogP contribution >= 0.6 is 0 Å². The van der Waals surface area contributed by atoms with E-state index in [9.17, 15) is 0 Å². The van der Waals surface area contributed by atoms with Gasteiger partial charge in [-0.2, -0.15) is 0 Å². The quantitative estimate of drug-likeness (QED) is 0.375. The molecule has 0 fully saturated rings. The number of unbranched alkanes of at least 4 members (excludes halogenated alkanes) is 1. The predicted molar refractivity (Wildman–Crippen MR) is 121 cm³/mol. The summed E-state index contributed by atoms with van der Waals surface area (Å²) in [6, 6.07) is 8.04. The average molecular weight is 405 g/mol. The molecule has 0 unspecified atom stereocenters. The molecule has 4 rings (SSSR count). The molecule has 0 aliphatic carbocycles. The number of rotatable bonds is 8. The maximum absolute atomic E-state index is 5.86. The highest BCUT2D eigenvalue weighted by atomic mass is 16.5. The molecule has 4 aromatic rings. The van der Waals surface area contributed by atoms with Gasteiger partial charge in [-0.05, 0) is 48.4 Å². The Bertz CT molecular complexity index is 1150. The van der Waals surface area contributed by atoms with E-state index in [0.717, 1.165) is 64.7 Å². The molecular formula is C24H27N3O3. The average Bonchev–Trinajstić information content (AvgIpc) is 3.25. The van der Waals surface area contributed by atoms with Crippen LogP contribution in [0.5, 0.6) is 11.5 Å². The highest BCUT2D eigenvalue weighted by molar-refractivity contribution is 6.11. The van der Waals surface area contributed by atoms with Gasteiger partial charge in [0.1, 0.15) is 5.58 Å². The number of anilines is 1. The Kier molecular flexibility index (Phi) is 5.74. The first-order chi connectivity index (χ1) is 14.7. The third-order valence-corrected chi connectivity index (χ3v) is 5.43. The Morgan fingerprint density at radius 1 is 0.967 bits per heavy atom. The van der Waals surface area contributed by atoms with Crippen molar-refractivity contribution in [1.29, 1.82) is 0 Å². The van der Waals surface area contributed by atoms with Crippen molar-refractivity contribution in [1.82, 2.24) is 9.97 Å². The molecule has 2 aromatic carbocycles. The fraction of sp³-hybridized carbons (Fsp3) is 0.333. The number of hydrogen-bond acceptors (Lipinski definition) is 6. The molecule has 0 atom stereocenters. The second-order valence-electron chi connectivity index (χ2n) is 7.22. The van der Waals surface area contributed by atoms with Crippen LogP contribution in [0.15, 0.2) is 47.3 Å². The Hall–Kier alpha value is -3.28. The molecular weight excluding hydrogens is 378 g/mol. The largest absolute Gasteiger partial charge is 0.493 e. The molecule has 6 nitrogen and oxygen atoms in total. The molecule has 0 radical (unpaired) electrons. The number of benzene rings is 2. The first kappa shape index (κ1) is 20.0. The van der Waals surface area contributed by atoms with E-state index in [2.05, 4.69) is 34.8 Å². The summed E-state index contributed by atoms with van der Waals surface area (Å²) in [7, 11) is 3.29. The number of hydrogen-bond donors (Lipinski definition) is 0. The third kappa shape index (κ3) is 3.54. The minimum atomic E-state index is 0.673. The normalized spacial score (nSPS) is 11.2. The number of ether oxygens (including phenoxy) is 2. The van der Waals surface area contributed by atoms with Crippen molar-refractivity contribution < 1.29 is 13.9 Å². The molecule has 0 aliphatic heterocycles. The number of fused-ring (bicyclic) bond motifs is 2. The van der Waals surface area contributed by atoms with Crippen LogP contribution in [0.4, 0.5) is 5.95 Å². The van der Waals surface area contributed by atoms with Crippen molar-refractivity contribution in [2.24, 2.45) is 0 Å². The van der Waals surface area contributed by atoms with E-state index in [-0.39, 0.29) is 0 Å². The summed E-state index contributed by atoms with van der Waals surface area (Å²) in [5.41, 5.74) is 2.67. The number of nitrogens with zero attached hydrogens (tertiary/aromatic N) is 3. The van der Waals surface area contributed by atoms with Crippen LogP contribution in [0.2, 0.25) is 0 Å². The Balaban J connectivity index is 1.87. The molecule has 2 aromatic heterocycles. The Labute approximate surface area is 176 Å². The molecule has 0 spiro atoms. The lowest BCUT2D eigenvalue weighted by molar-refractivity contribution is 0.356. The van der Waals surface area contributed by atoms with Crippen LogP contribution in [0.25, 0.3) is 32.9 Å². The van der Waals surface area contributed by atoms with E-state index in [4.69, 9.17) is 13.9 Å². The Morgan fingerprint density at radius 2 is 1.70 bits per heavy atom. The lowest BCUT2D eigenvalue weighted by atomic mass is 9.97. The highest BCUT2D eigenvalue weighted by Crippen LogP contribution is 2.41. The maximum atomic E-state index is 5.86. The van der Waals surface area contributed by atoms with Crippen molar-refractivity contribution in [2.45, 2.75) is 26.7 Å². The van der Waals surface area contributed by atoms with Gasteiger partial charge in [0.05, 0.1) is 20.5 Å². The minimum Gasteiger partial charge on any atom is -0.493 e. The molecule has 0 N–H and O–H groups in total. The zero-order chi connectivity index (χ0) is 21.1. The molecule has 0 saturated carbocycles. The number of aromatic nitrogens is 2. The van der Waals surface area contributed by atoms with E-state index in [1.54, 1.807) is 20.5 Å². The minimum absolute atomic E-state index is 0.673. The third-order valence-electron chi connectivity index (χ3n) is 5.43. The van der Waals surface area contributed by atoms with E-state index < -0.39 is 0 Å². The van der Waals surface area contributed by atoms with Gasteiger partial charge >= 0.3 is 0 Å². The van der Waals surface area contributed by atoms with Crippen LogP contribution in [-0.4, -0.2) is 37.3 Å². The van der Waals surface area contributed by atoms with Crippen molar-refractivity contribution in [3.8, 4) is 22.6 Å². The molecule has 0 amide bonds. The fourth-order valence-corrected chi connectivity index (χ4v) is 3.81. The summed E-state index contributed by atoms with van der Waals surface area (Å²) in [6.07, 6.45) is 7.73. The zero-order valence-electron chi connectivity index (χ0n) is 17.9. The molecule has 0 bridgehead atoms. The van der Waals surface area contributed by atoms with Crippen LogP contribution in [0, 0.1) is 0 Å². The van der Waals surface area contributed by atoms with E-state index in [0.29, 0.717) is 11.5 Å². The van der Waals surface area contributed by atoms with Gasteiger partial charge in [0.15, 0.2) is 11.5 Å². The summed E-state index contributed by atoms with van der Waals surface area (Å²) in [4.78, 5) is 11.5. The number of methoxy groups -OCH3 is 2. The highest BCUT2D eigenvalue weighted by Gasteiger charge is 2.17. The molecule has 30 heavy (non-hydrogen) atoms. The van der Waals surface area contributed by atoms with Crippen LogP contribution < -0.4 is 14.4 Å². The van der Waals surface area contributed by atoms with Crippen LogP contribution in [-0.2, 0) is 0 Å². The van der Waals surface area contributed by atoms with Gasteiger partial charge in [0.2, 0.25) is 5.95 Å². The van der Waals surface area contributed by atoms with Gasteiger partial charge in [-0.1, -0.05) is 13.3 Å².